The van der Waals surface area contributed by atoms with Crippen LogP contribution in [0.15, 0.2) is 103 Å². The highest BCUT2D eigenvalue weighted by Crippen LogP contribution is 2.62. The summed E-state index contributed by atoms with van der Waals surface area (Å²) < 4.78 is 5.65. The van der Waals surface area contributed by atoms with Crippen molar-refractivity contribution in [2.24, 2.45) is 5.92 Å². The van der Waals surface area contributed by atoms with E-state index in [9.17, 15) is 14.4 Å². The fourth-order valence-electron chi connectivity index (χ4n) is 7.03. The lowest BCUT2D eigenvalue weighted by atomic mass is 9.62. The molecule has 1 spiro atoms. The lowest BCUT2D eigenvalue weighted by Gasteiger charge is -2.38. The average Bonchev–Trinajstić information content (AvgIpc) is 3.52. The van der Waals surface area contributed by atoms with E-state index in [1.807, 2.05) is 71.8 Å². The second-order valence-corrected chi connectivity index (χ2v) is 11.2. The highest BCUT2D eigenvalue weighted by Gasteiger charge is 2.70. The second kappa shape index (κ2) is 10.3. The first-order valence-corrected chi connectivity index (χ1v) is 14.2. The molecular formula is C35H24ClN3O4. The van der Waals surface area contributed by atoms with Gasteiger partial charge in [0, 0.05) is 22.5 Å². The zero-order valence-corrected chi connectivity index (χ0v) is 23.5. The molecular weight excluding hydrogens is 562 g/mol. The number of benzene rings is 4. The molecule has 1 saturated heterocycles. The van der Waals surface area contributed by atoms with E-state index in [0.717, 1.165) is 11.1 Å². The molecule has 0 aliphatic carbocycles. The fraction of sp³-hybridized carbons (Fsp3) is 0.143. The van der Waals surface area contributed by atoms with Crippen molar-refractivity contribution >= 4 is 40.8 Å². The Labute approximate surface area is 253 Å². The summed E-state index contributed by atoms with van der Waals surface area (Å²) in [6.07, 6.45) is 3.73. The Kier molecular flexibility index (Phi) is 6.37. The van der Waals surface area contributed by atoms with E-state index in [2.05, 4.69) is 5.32 Å². The Hall–Kier alpha value is -5.19. The number of amides is 1. The minimum atomic E-state index is -1.45. The number of fused-ring (bicyclic) bond motifs is 6. The molecule has 3 aliphatic rings. The van der Waals surface area contributed by atoms with Crippen molar-refractivity contribution in [1.29, 1.82) is 5.26 Å². The standard InChI is InChI=1S/C35H24ClN3O4/c36-23-15-13-22(14-16-23)31(40)29-30(32(41)25-9-3-6-12-28(25)43-20-18-37)39-19-17-21-7-1-2-8-24(21)33(39)35(29)26-10-4-5-11-27(26)38-34(35)42/h1-17,19,29-30,33H,20H2,(H,38,42)/t29-,30-,33+,35+/m0/s1. The number of nitrogens with zero attached hydrogens (tertiary/aromatic N) is 2. The molecule has 7 nitrogen and oxygen atoms in total. The van der Waals surface area contributed by atoms with Gasteiger partial charge in [-0.3, -0.25) is 14.4 Å². The highest BCUT2D eigenvalue weighted by atomic mass is 35.5. The molecule has 0 radical (unpaired) electrons. The van der Waals surface area contributed by atoms with Gasteiger partial charge in [0.15, 0.2) is 18.2 Å². The van der Waals surface area contributed by atoms with Crippen LogP contribution in [0.4, 0.5) is 5.69 Å². The summed E-state index contributed by atoms with van der Waals surface area (Å²) in [6.45, 7) is -0.249. The number of halogens is 1. The molecule has 0 bridgehead atoms. The van der Waals surface area contributed by atoms with Crippen LogP contribution >= 0.6 is 11.6 Å². The van der Waals surface area contributed by atoms with Crippen LogP contribution in [0.25, 0.3) is 6.08 Å². The molecule has 1 amide bonds. The third-order valence-electron chi connectivity index (χ3n) is 8.70. The lowest BCUT2D eigenvalue weighted by Crippen LogP contribution is -2.49. The van der Waals surface area contributed by atoms with Crippen LogP contribution in [0.2, 0.25) is 5.02 Å². The van der Waals surface area contributed by atoms with Crippen LogP contribution < -0.4 is 10.1 Å². The molecule has 8 heteroatoms. The topological polar surface area (TPSA) is 99.5 Å². The summed E-state index contributed by atoms with van der Waals surface area (Å²) in [4.78, 5) is 46.0. The van der Waals surface area contributed by atoms with Crippen LogP contribution in [0.1, 0.15) is 43.4 Å². The number of ether oxygens (including phenoxy) is 1. The summed E-state index contributed by atoms with van der Waals surface area (Å²) in [7, 11) is 0. The van der Waals surface area contributed by atoms with E-state index in [1.54, 1.807) is 48.5 Å². The molecule has 4 aromatic carbocycles. The normalized spacial score (nSPS) is 22.7. The van der Waals surface area contributed by atoms with Crippen molar-refractivity contribution < 1.29 is 19.1 Å². The number of carbonyl (C=O) groups is 3. The Morgan fingerprint density at radius 2 is 1.65 bits per heavy atom. The van der Waals surface area contributed by atoms with Gasteiger partial charge in [0.2, 0.25) is 5.91 Å². The number of hydrogen-bond acceptors (Lipinski definition) is 6. The van der Waals surface area contributed by atoms with Crippen molar-refractivity contribution in [2.45, 2.75) is 17.5 Å². The van der Waals surface area contributed by atoms with Gasteiger partial charge in [-0.2, -0.15) is 5.26 Å². The fourth-order valence-corrected chi connectivity index (χ4v) is 7.15. The molecule has 0 unspecified atom stereocenters. The average molecular weight is 586 g/mol. The smallest absolute Gasteiger partial charge is 0.238 e. The van der Waals surface area contributed by atoms with E-state index in [1.165, 1.54) is 0 Å². The van der Waals surface area contributed by atoms with Crippen molar-refractivity contribution in [2.75, 3.05) is 11.9 Å². The van der Waals surface area contributed by atoms with Gasteiger partial charge >= 0.3 is 0 Å². The van der Waals surface area contributed by atoms with Crippen molar-refractivity contribution in [3.63, 3.8) is 0 Å². The predicted octanol–water partition coefficient (Wildman–Crippen LogP) is 6.22. The van der Waals surface area contributed by atoms with Crippen LogP contribution in [-0.2, 0) is 10.2 Å². The maximum Gasteiger partial charge on any atom is 0.238 e. The molecule has 43 heavy (non-hydrogen) atoms. The summed E-state index contributed by atoms with van der Waals surface area (Å²) in [6, 6.07) is 28.5. The summed E-state index contributed by atoms with van der Waals surface area (Å²) >= 11 is 6.18. The predicted molar refractivity (Wildman–Crippen MR) is 162 cm³/mol. The second-order valence-electron chi connectivity index (χ2n) is 10.8. The van der Waals surface area contributed by atoms with E-state index in [-0.39, 0.29) is 35.4 Å². The zero-order chi connectivity index (χ0) is 29.7. The SMILES string of the molecule is N#CCOc1ccccc1C(=O)[C@@H]1[C@@H](C(=O)c2ccc(Cl)cc2)[C@@]2(C(=O)Nc3ccccc32)[C@H]2c3ccccc3C=CN12. The Morgan fingerprint density at radius 1 is 0.930 bits per heavy atom. The largest absolute Gasteiger partial charge is 0.478 e. The maximum absolute atomic E-state index is 14.8. The number of hydrogen-bond donors (Lipinski definition) is 1. The molecule has 4 aromatic rings. The summed E-state index contributed by atoms with van der Waals surface area (Å²) in [5.74, 6) is -1.97. The molecule has 4 atom stereocenters. The Bertz CT molecular complexity index is 1880. The number of carbonyl (C=O) groups excluding carboxylic acids is 3. The molecule has 7 rings (SSSR count). The van der Waals surface area contributed by atoms with Gasteiger partial charge in [0.1, 0.15) is 23.3 Å². The third-order valence-corrected chi connectivity index (χ3v) is 8.95. The number of nitriles is 1. The first kappa shape index (κ1) is 26.7. The Morgan fingerprint density at radius 3 is 2.47 bits per heavy atom. The molecule has 210 valence electrons. The molecule has 0 saturated carbocycles. The highest BCUT2D eigenvalue weighted by molar-refractivity contribution is 6.30. The number of anilines is 1. The minimum absolute atomic E-state index is 0.228. The van der Waals surface area contributed by atoms with E-state index >= 15 is 0 Å². The molecule has 3 heterocycles. The Balaban J connectivity index is 1.52. The van der Waals surface area contributed by atoms with Gasteiger partial charge in [-0.25, -0.2) is 0 Å². The van der Waals surface area contributed by atoms with Crippen molar-refractivity contribution in [3.8, 4) is 11.8 Å². The lowest BCUT2D eigenvalue weighted by molar-refractivity contribution is -0.122. The van der Waals surface area contributed by atoms with Gasteiger partial charge in [-0.05, 0) is 65.2 Å². The first-order chi connectivity index (χ1) is 21.0. The van der Waals surface area contributed by atoms with E-state index in [4.69, 9.17) is 21.6 Å². The van der Waals surface area contributed by atoms with Gasteiger partial charge in [0.25, 0.3) is 0 Å². The molecule has 1 N–H and O–H groups in total. The summed E-state index contributed by atoms with van der Waals surface area (Å²) in [5.41, 5.74) is 2.15. The minimum Gasteiger partial charge on any atom is -0.478 e. The third kappa shape index (κ3) is 3.91. The van der Waals surface area contributed by atoms with Crippen LogP contribution in [0.3, 0.4) is 0 Å². The number of Topliss-reactive ketones (excluding diaryl/α,β-unsaturated/α-hetero) is 2. The first-order valence-electron chi connectivity index (χ1n) is 13.8. The van der Waals surface area contributed by atoms with E-state index in [0.29, 0.717) is 21.8 Å². The number of nitrogens with one attached hydrogen (secondary N) is 1. The number of ketones is 2. The van der Waals surface area contributed by atoms with Crippen LogP contribution in [0, 0.1) is 17.2 Å². The van der Waals surface area contributed by atoms with Gasteiger partial charge in [0.05, 0.1) is 17.5 Å². The maximum atomic E-state index is 14.8. The number of para-hydroxylation sites is 2. The van der Waals surface area contributed by atoms with Crippen molar-refractivity contribution in [3.05, 3.63) is 136 Å². The monoisotopic (exact) mass is 585 g/mol. The molecule has 1 fully saturated rings. The van der Waals surface area contributed by atoms with Gasteiger partial charge in [-0.15, -0.1) is 0 Å². The van der Waals surface area contributed by atoms with Crippen LogP contribution in [0.5, 0.6) is 5.75 Å². The number of rotatable bonds is 6. The zero-order valence-electron chi connectivity index (χ0n) is 22.7. The summed E-state index contributed by atoms with van der Waals surface area (Å²) in [5, 5.41) is 12.7. The van der Waals surface area contributed by atoms with Crippen molar-refractivity contribution in [1.82, 2.24) is 4.90 Å². The van der Waals surface area contributed by atoms with Gasteiger partial charge < -0.3 is 15.0 Å². The molecule has 0 aromatic heterocycles. The quantitative estimate of drug-likeness (QED) is 0.270. The van der Waals surface area contributed by atoms with E-state index < -0.39 is 23.4 Å². The molecule has 3 aliphatic heterocycles. The van der Waals surface area contributed by atoms with Gasteiger partial charge in [-0.1, -0.05) is 66.2 Å². The van der Waals surface area contributed by atoms with Crippen LogP contribution in [-0.4, -0.2) is 35.0 Å².